The number of allylic oxidation sites excluding steroid dienone is 2. The van der Waals surface area contributed by atoms with E-state index in [1.165, 1.54) is 12.8 Å². The highest BCUT2D eigenvalue weighted by Gasteiger charge is 2.36. The average molecular weight is 315 g/mol. The molecule has 1 heterocycles. The predicted octanol–water partition coefficient (Wildman–Crippen LogP) is 1.81. The number of hydrogen-bond donors (Lipinski definition) is 1. The van der Waals surface area contributed by atoms with Crippen LogP contribution in [0.5, 0.6) is 0 Å². The Kier molecular flexibility index (Phi) is 4.14. The number of fused-ring (bicyclic) bond motifs is 2. The summed E-state index contributed by atoms with van der Waals surface area (Å²) >= 11 is 0. The van der Waals surface area contributed by atoms with Gasteiger partial charge in [0.05, 0.1) is 0 Å². The fraction of sp³-hybridized carbons (Fsp3) is 0.765. The number of nitrogens with zero attached hydrogens (tertiary/aromatic N) is 4. The molecule has 4 rings (SSSR count). The Balaban J connectivity index is 1.19. The quantitative estimate of drug-likeness (QED) is 0.841. The SMILES string of the molecule is O=C(NC[C@@H]1C[C@@H]2C=C[C@@H]1C2)C1CCC(Cn2cnnn2)CC1. The standard InChI is InChI=1S/C17H25N5O/c23-17(18-9-16-8-13-3-6-15(16)7-13)14-4-1-12(2-5-14)10-22-11-19-20-21-22/h3,6,11-16H,1-2,4-5,7-10H2,(H,18,23)/t12?,13-,14?,15-,16+/m1/s1. The van der Waals surface area contributed by atoms with Gasteiger partial charge in [-0.25, -0.2) is 4.68 Å². The maximum Gasteiger partial charge on any atom is 0.223 e. The van der Waals surface area contributed by atoms with Gasteiger partial charge >= 0.3 is 0 Å². The van der Waals surface area contributed by atoms with Crippen LogP contribution < -0.4 is 5.32 Å². The van der Waals surface area contributed by atoms with Crippen LogP contribution in [-0.4, -0.2) is 32.7 Å². The van der Waals surface area contributed by atoms with Crippen LogP contribution in [0, 0.1) is 29.6 Å². The zero-order valence-corrected chi connectivity index (χ0v) is 13.5. The van der Waals surface area contributed by atoms with Gasteiger partial charge in [-0.3, -0.25) is 4.79 Å². The van der Waals surface area contributed by atoms with E-state index in [1.807, 2.05) is 0 Å². The average Bonchev–Trinajstić information content (AvgIpc) is 3.31. The predicted molar refractivity (Wildman–Crippen MR) is 85.1 cm³/mol. The number of carbonyl (C=O) groups is 1. The molecule has 2 bridgehead atoms. The molecule has 0 spiro atoms. The van der Waals surface area contributed by atoms with Gasteiger partial charge < -0.3 is 5.32 Å². The Bertz CT molecular complexity index is 562. The maximum atomic E-state index is 12.4. The molecule has 6 nitrogen and oxygen atoms in total. The lowest BCUT2D eigenvalue weighted by Crippen LogP contribution is -2.37. The second kappa shape index (κ2) is 6.42. The zero-order chi connectivity index (χ0) is 15.6. The number of carbonyl (C=O) groups excluding carboxylic acids is 1. The molecular weight excluding hydrogens is 290 g/mol. The molecule has 3 aliphatic rings. The summed E-state index contributed by atoms with van der Waals surface area (Å²) in [6, 6.07) is 0. The molecule has 0 aliphatic heterocycles. The van der Waals surface area contributed by atoms with Crippen LogP contribution >= 0.6 is 0 Å². The number of rotatable bonds is 5. The van der Waals surface area contributed by atoms with E-state index in [9.17, 15) is 4.79 Å². The monoisotopic (exact) mass is 315 g/mol. The molecule has 1 amide bonds. The van der Waals surface area contributed by atoms with Crippen LogP contribution in [0.15, 0.2) is 18.5 Å². The topological polar surface area (TPSA) is 72.7 Å². The second-order valence-electron chi connectivity index (χ2n) is 7.53. The largest absolute Gasteiger partial charge is 0.356 e. The summed E-state index contributed by atoms with van der Waals surface area (Å²) in [5.41, 5.74) is 0. The molecule has 1 aromatic heterocycles. The fourth-order valence-corrected chi connectivity index (χ4v) is 4.64. The van der Waals surface area contributed by atoms with Crippen molar-refractivity contribution in [2.45, 2.75) is 45.1 Å². The van der Waals surface area contributed by atoms with Crippen molar-refractivity contribution in [3.8, 4) is 0 Å². The molecule has 3 atom stereocenters. The highest BCUT2D eigenvalue weighted by atomic mass is 16.1. The van der Waals surface area contributed by atoms with Crippen molar-refractivity contribution in [2.24, 2.45) is 29.6 Å². The van der Waals surface area contributed by atoms with Crippen molar-refractivity contribution in [1.82, 2.24) is 25.5 Å². The molecule has 0 radical (unpaired) electrons. The molecule has 23 heavy (non-hydrogen) atoms. The lowest BCUT2D eigenvalue weighted by atomic mass is 9.81. The Morgan fingerprint density at radius 3 is 2.70 bits per heavy atom. The number of nitrogens with one attached hydrogen (secondary N) is 1. The Morgan fingerprint density at radius 2 is 2.04 bits per heavy atom. The number of tetrazole rings is 1. The first kappa shape index (κ1) is 14.8. The minimum absolute atomic E-state index is 0.203. The van der Waals surface area contributed by atoms with Crippen LogP contribution in [0.3, 0.4) is 0 Å². The van der Waals surface area contributed by atoms with Gasteiger partial charge in [0.2, 0.25) is 5.91 Å². The van der Waals surface area contributed by atoms with Crippen LogP contribution in [0.4, 0.5) is 0 Å². The molecule has 124 valence electrons. The Labute approximate surface area is 136 Å². The van der Waals surface area contributed by atoms with Crippen LogP contribution in [0.2, 0.25) is 0 Å². The van der Waals surface area contributed by atoms with Crippen molar-refractivity contribution in [3.05, 3.63) is 18.5 Å². The molecule has 1 aromatic rings. The molecule has 0 aromatic carbocycles. The van der Waals surface area contributed by atoms with Gasteiger partial charge in [-0.15, -0.1) is 5.10 Å². The maximum absolute atomic E-state index is 12.4. The van der Waals surface area contributed by atoms with Crippen LogP contribution in [0.25, 0.3) is 0 Å². The first-order valence-corrected chi connectivity index (χ1v) is 8.94. The van der Waals surface area contributed by atoms with Gasteiger partial charge in [-0.2, -0.15) is 0 Å². The Morgan fingerprint density at radius 1 is 1.17 bits per heavy atom. The molecule has 1 N–H and O–H groups in total. The summed E-state index contributed by atoms with van der Waals surface area (Å²) in [6.07, 6.45) is 13.1. The molecule has 2 saturated carbocycles. The van der Waals surface area contributed by atoms with E-state index in [1.54, 1.807) is 11.0 Å². The molecule has 3 aliphatic carbocycles. The molecule has 0 saturated heterocycles. The van der Waals surface area contributed by atoms with Crippen molar-refractivity contribution in [2.75, 3.05) is 6.54 Å². The minimum Gasteiger partial charge on any atom is -0.356 e. The van der Waals surface area contributed by atoms with Gasteiger partial charge in [0.25, 0.3) is 0 Å². The van der Waals surface area contributed by atoms with E-state index in [0.717, 1.165) is 44.7 Å². The van der Waals surface area contributed by atoms with Gasteiger partial charge in [0, 0.05) is 19.0 Å². The Hall–Kier alpha value is -1.72. The third kappa shape index (κ3) is 3.31. The lowest BCUT2D eigenvalue weighted by molar-refractivity contribution is -0.126. The van der Waals surface area contributed by atoms with E-state index in [4.69, 9.17) is 0 Å². The normalized spacial score (nSPS) is 35.6. The van der Waals surface area contributed by atoms with Gasteiger partial charge in [-0.05, 0) is 72.6 Å². The molecular formula is C17H25N5O. The molecule has 6 heteroatoms. The summed E-state index contributed by atoms with van der Waals surface area (Å²) in [7, 11) is 0. The first-order chi connectivity index (χ1) is 11.3. The summed E-state index contributed by atoms with van der Waals surface area (Å²) in [4.78, 5) is 12.4. The van der Waals surface area contributed by atoms with Gasteiger partial charge in [0.15, 0.2) is 0 Å². The van der Waals surface area contributed by atoms with Crippen molar-refractivity contribution in [1.29, 1.82) is 0 Å². The van der Waals surface area contributed by atoms with Crippen LogP contribution in [0.1, 0.15) is 38.5 Å². The van der Waals surface area contributed by atoms with Crippen molar-refractivity contribution >= 4 is 5.91 Å². The van der Waals surface area contributed by atoms with E-state index in [0.29, 0.717) is 17.8 Å². The summed E-state index contributed by atoms with van der Waals surface area (Å²) in [6.45, 7) is 1.74. The van der Waals surface area contributed by atoms with E-state index < -0.39 is 0 Å². The number of hydrogen-bond acceptors (Lipinski definition) is 4. The van der Waals surface area contributed by atoms with Crippen LogP contribution in [-0.2, 0) is 11.3 Å². The first-order valence-electron chi connectivity index (χ1n) is 8.94. The van der Waals surface area contributed by atoms with Gasteiger partial charge in [0.1, 0.15) is 6.33 Å². The van der Waals surface area contributed by atoms with Crippen molar-refractivity contribution < 1.29 is 4.79 Å². The second-order valence-corrected chi connectivity index (χ2v) is 7.53. The van der Waals surface area contributed by atoms with Gasteiger partial charge in [-0.1, -0.05) is 12.2 Å². The van der Waals surface area contributed by atoms with Crippen molar-refractivity contribution in [3.63, 3.8) is 0 Å². The van der Waals surface area contributed by atoms with E-state index in [2.05, 4.69) is 33.0 Å². The smallest absolute Gasteiger partial charge is 0.223 e. The third-order valence-electron chi connectivity index (χ3n) is 6.01. The molecule has 2 fully saturated rings. The van der Waals surface area contributed by atoms with E-state index in [-0.39, 0.29) is 11.8 Å². The number of amides is 1. The summed E-state index contributed by atoms with van der Waals surface area (Å²) in [5, 5.41) is 14.5. The third-order valence-corrected chi connectivity index (χ3v) is 6.01. The number of aromatic nitrogens is 4. The molecule has 0 unspecified atom stereocenters. The summed E-state index contributed by atoms with van der Waals surface area (Å²) in [5.74, 6) is 3.24. The minimum atomic E-state index is 0.203. The zero-order valence-electron chi connectivity index (χ0n) is 13.5. The fourth-order valence-electron chi connectivity index (χ4n) is 4.64. The highest BCUT2D eigenvalue weighted by molar-refractivity contribution is 5.78. The van der Waals surface area contributed by atoms with E-state index >= 15 is 0 Å². The summed E-state index contributed by atoms with van der Waals surface area (Å²) < 4.78 is 1.80. The highest BCUT2D eigenvalue weighted by Crippen LogP contribution is 2.43. The lowest BCUT2D eigenvalue weighted by Gasteiger charge is -2.28.